The lowest BCUT2D eigenvalue weighted by Crippen LogP contribution is -2.40. The number of amides is 2. The summed E-state index contributed by atoms with van der Waals surface area (Å²) in [5, 5.41) is 3.56. The summed E-state index contributed by atoms with van der Waals surface area (Å²) >= 11 is 6.06. The number of halogens is 1. The van der Waals surface area contributed by atoms with Gasteiger partial charge in [0, 0.05) is 34.6 Å². The molecule has 38 heavy (non-hydrogen) atoms. The number of methoxy groups -OCH3 is 1. The van der Waals surface area contributed by atoms with Crippen LogP contribution in [0.4, 0.5) is 5.95 Å². The van der Waals surface area contributed by atoms with Crippen molar-refractivity contribution in [3.8, 4) is 22.7 Å². The highest BCUT2D eigenvalue weighted by molar-refractivity contribution is 6.30. The molecule has 4 rings (SSSR count). The Kier molecular flexibility index (Phi) is 8.48. The minimum atomic E-state index is -0.339. The molecule has 0 unspecified atom stereocenters. The number of hydrogen-bond acceptors (Lipinski definition) is 4. The molecule has 0 bridgehead atoms. The van der Waals surface area contributed by atoms with Gasteiger partial charge in [-0.1, -0.05) is 55.3 Å². The number of nitrogens with zero attached hydrogens (tertiary/aromatic N) is 3. The summed E-state index contributed by atoms with van der Waals surface area (Å²) in [6, 6.07) is 22.2. The van der Waals surface area contributed by atoms with Gasteiger partial charge < -0.3 is 9.64 Å². The molecule has 2 amide bonds. The second-order valence-electron chi connectivity index (χ2n) is 9.52. The first-order chi connectivity index (χ1) is 18.2. The van der Waals surface area contributed by atoms with Crippen LogP contribution >= 0.6 is 11.6 Å². The molecule has 0 saturated heterocycles. The highest BCUT2D eigenvalue weighted by Crippen LogP contribution is 2.26. The number of hydrogen-bond donors (Lipinski definition) is 1. The lowest BCUT2D eigenvalue weighted by molar-refractivity contribution is -0.117. The minimum Gasteiger partial charge on any atom is -0.497 e. The van der Waals surface area contributed by atoms with Crippen LogP contribution in [-0.4, -0.2) is 46.5 Å². The van der Waals surface area contributed by atoms with E-state index in [4.69, 9.17) is 21.3 Å². The van der Waals surface area contributed by atoms with E-state index in [2.05, 4.69) is 5.32 Å². The van der Waals surface area contributed by atoms with Gasteiger partial charge in [-0.05, 0) is 61.4 Å². The first-order valence-electron chi connectivity index (χ1n) is 12.4. The molecule has 1 aromatic heterocycles. The fourth-order valence-electron chi connectivity index (χ4n) is 4.04. The van der Waals surface area contributed by atoms with Gasteiger partial charge in [-0.3, -0.25) is 19.5 Å². The van der Waals surface area contributed by atoms with Crippen molar-refractivity contribution in [1.82, 2.24) is 14.5 Å². The Morgan fingerprint density at radius 3 is 2.26 bits per heavy atom. The normalized spacial score (nSPS) is 10.9. The van der Waals surface area contributed by atoms with E-state index in [-0.39, 0.29) is 24.3 Å². The van der Waals surface area contributed by atoms with E-state index in [0.717, 1.165) is 16.8 Å². The van der Waals surface area contributed by atoms with E-state index >= 15 is 0 Å². The van der Waals surface area contributed by atoms with Crippen molar-refractivity contribution < 1.29 is 14.3 Å². The van der Waals surface area contributed by atoms with Crippen LogP contribution in [0, 0.1) is 12.8 Å². The van der Waals surface area contributed by atoms with Gasteiger partial charge in [-0.15, -0.1) is 0 Å². The Morgan fingerprint density at radius 2 is 1.66 bits per heavy atom. The SMILES string of the molecule is COc1ccc(C(=O)N(CC(=O)Nc2nc(-c3ccc(Cl)cc3)cn2-c2ccc(C)cc2)CC(C)C)cc1. The summed E-state index contributed by atoms with van der Waals surface area (Å²) in [6.07, 6.45) is 1.87. The van der Waals surface area contributed by atoms with Crippen LogP contribution in [0.3, 0.4) is 0 Å². The van der Waals surface area contributed by atoms with Gasteiger partial charge in [0.2, 0.25) is 11.9 Å². The molecule has 0 radical (unpaired) electrons. The number of ether oxygens (including phenoxy) is 1. The van der Waals surface area contributed by atoms with Crippen LogP contribution in [0.25, 0.3) is 16.9 Å². The second kappa shape index (κ2) is 12.0. The summed E-state index contributed by atoms with van der Waals surface area (Å²) in [4.78, 5) is 32.8. The van der Waals surface area contributed by atoms with Gasteiger partial charge in [0.25, 0.3) is 5.91 Å². The fourth-order valence-corrected chi connectivity index (χ4v) is 4.17. The monoisotopic (exact) mass is 530 g/mol. The summed E-state index contributed by atoms with van der Waals surface area (Å²) in [5.74, 6) is 0.643. The van der Waals surface area contributed by atoms with Gasteiger partial charge >= 0.3 is 0 Å². The van der Waals surface area contributed by atoms with Gasteiger partial charge in [0.1, 0.15) is 12.3 Å². The van der Waals surface area contributed by atoms with Crippen LogP contribution in [0.2, 0.25) is 5.02 Å². The van der Waals surface area contributed by atoms with Crippen LogP contribution in [0.1, 0.15) is 29.8 Å². The lowest BCUT2D eigenvalue weighted by atomic mass is 10.1. The van der Waals surface area contributed by atoms with E-state index in [1.807, 2.05) is 67.9 Å². The number of aryl methyl sites for hydroxylation is 1. The van der Waals surface area contributed by atoms with Crippen LogP contribution < -0.4 is 10.1 Å². The molecule has 0 aliphatic rings. The highest BCUT2D eigenvalue weighted by atomic mass is 35.5. The first kappa shape index (κ1) is 26.9. The van der Waals surface area contributed by atoms with Crippen LogP contribution in [0.5, 0.6) is 5.75 Å². The Labute approximate surface area is 228 Å². The first-order valence-corrected chi connectivity index (χ1v) is 12.8. The van der Waals surface area contributed by atoms with E-state index < -0.39 is 0 Å². The van der Waals surface area contributed by atoms with Crippen molar-refractivity contribution in [2.75, 3.05) is 25.5 Å². The molecule has 7 nitrogen and oxygen atoms in total. The van der Waals surface area contributed by atoms with Crippen molar-refractivity contribution in [2.24, 2.45) is 5.92 Å². The molecular formula is C30H31ClN4O3. The Balaban J connectivity index is 1.60. The predicted molar refractivity (Wildman–Crippen MR) is 151 cm³/mol. The standard InChI is InChI=1S/C30H31ClN4O3/c1-20(2)17-34(29(37)23-9-15-26(38-4)16-10-23)19-28(36)33-30-32-27(22-7-11-24(31)12-8-22)18-35(30)25-13-5-21(3)6-14-25/h5-16,18,20H,17,19H2,1-4H3,(H,32,33,36). The average molecular weight is 531 g/mol. The maximum atomic E-state index is 13.3. The minimum absolute atomic E-state index is 0.111. The molecule has 0 spiro atoms. The van der Waals surface area contributed by atoms with Crippen LogP contribution in [-0.2, 0) is 4.79 Å². The third-order valence-corrected chi connectivity index (χ3v) is 6.21. The number of rotatable bonds is 9. The summed E-state index contributed by atoms with van der Waals surface area (Å²) in [6.45, 7) is 6.35. The molecule has 3 aromatic carbocycles. The average Bonchev–Trinajstić information content (AvgIpc) is 3.32. The predicted octanol–water partition coefficient (Wildman–Crippen LogP) is 6.25. The van der Waals surface area contributed by atoms with Gasteiger partial charge in [0.05, 0.1) is 12.8 Å². The Bertz CT molecular complexity index is 1400. The van der Waals surface area contributed by atoms with Crippen molar-refractivity contribution in [2.45, 2.75) is 20.8 Å². The highest BCUT2D eigenvalue weighted by Gasteiger charge is 2.22. The lowest BCUT2D eigenvalue weighted by Gasteiger charge is -2.24. The quantitative estimate of drug-likeness (QED) is 0.277. The number of nitrogens with one attached hydrogen (secondary N) is 1. The van der Waals surface area contributed by atoms with E-state index in [1.165, 1.54) is 0 Å². The van der Waals surface area contributed by atoms with E-state index in [0.29, 0.717) is 34.5 Å². The summed E-state index contributed by atoms with van der Waals surface area (Å²) in [5.41, 5.74) is 4.02. The topological polar surface area (TPSA) is 76.5 Å². The fraction of sp³-hybridized carbons (Fsp3) is 0.233. The molecule has 196 valence electrons. The van der Waals surface area contributed by atoms with Crippen molar-refractivity contribution in [3.05, 3.63) is 95.1 Å². The zero-order chi connectivity index (χ0) is 27.2. The van der Waals surface area contributed by atoms with Gasteiger partial charge in [-0.2, -0.15) is 0 Å². The molecule has 4 aromatic rings. The largest absolute Gasteiger partial charge is 0.497 e. The number of carbonyl (C=O) groups excluding carboxylic acids is 2. The van der Waals surface area contributed by atoms with E-state index in [1.54, 1.807) is 48.4 Å². The van der Waals surface area contributed by atoms with Gasteiger partial charge in [0.15, 0.2) is 0 Å². The summed E-state index contributed by atoms with van der Waals surface area (Å²) < 4.78 is 7.03. The third kappa shape index (κ3) is 6.61. The smallest absolute Gasteiger partial charge is 0.254 e. The third-order valence-electron chi connectivity index (χ3n) is 5.95. The number of aromatic nitrogens is 2. The van der Waals surface area contributed by atoms with Crippen molar-refractivity contribution in [3.63, 3.8) is 0 Å². The Morgan fingerprint density at radius 1 is 1.00 bits per heavy atom. The van der Waals surface area contributed by atoms with E-state index in [9.17, 15) is 9.59 Å². The number of imidazole rings is 1. The molecular weight excluding hydrogens is 500 g/mol. The summed E-state index contributed by atoms with van der Waals surface area (Å²) in [7, 11) is 1.57. The molecule has 1 heterocycles. The number of carbonyl (C=O) groups is 2. The van der Waals surface area contributed by atoms with Crippen LogP contribution in [0.15, 0.2) is 79.0 Å². The number of benzene rings is 3. The molecule has 0 aliphatic heterocycles. The van der Waals surface area contributed by atoms with Crippen molar-refractivity contribution >= 4 is 29.4 Å². The second-order valence-corrected chi connectivity index (χ2v) is 9.95. The maximum Gasteiger partial charge on any atom is 0.254 e. The zero-order valence-corrected chi connectivity index (χ0v) is 22.7. The number of anilines is 1. The molecule has 0 fully saturated rings. The molecule has 0 saturated carbocycles. The van der Waals surface area contributed by atoms with Gasteiger partial charge in [-0.25, -0.2) is 4.98 Å². The molecule has 0 aliphatic carbocycles. The zero-order valence-electron chi connectivity index (χ0n) is 21.9. The maximum absolute atomic E-state index is 13.3. The molecule has 1 N–H and O–H groups in total. The Hall–Kier alpha value is -4.10. The van der Waals surface area contributed by atoms with Crippen molar-refractivity contribution in [1.29, 1.82) is 0 Å². The molecule has 0 atom stereocenters. The molecule has 8 heteroatoms.